The number of hydrogen-bond donors (Lipinski definition) is 2. The van der Waals surface area contributed by atoms with E-state index in [9.17, 15) is 14.7 Å². The second-order valence-electron chi connectivity index (χ2n) is 8.17. The van der Waals surface area contributed by atoms with Gasteiger partial charge in [-0.25, -0.2) is 4.79 Å². The first kappa shape index (κ1) is 29.7. The third-order valence-electron chi connectivity index (χ3n) is 5.22. The van der Waals surface area contributed by atoms with Crippen LogP contribution in [-0.2, 0) is 20.7 Å². The zero-order chi connectivity index (χ0) is 26.6. The summed E-state index contributed by atoms with van der Waals surface area (Å²) in [4.78, 5) is 25.1. The van der Waals surface area contributed by atoms with E-state index < -0.39 is 34.4 Å². The van der Waals surface area contributed by atoms with Gasteiger partial charge in [0.15, 0.2) is 0 Å². The fourth-order valence-corrected chi connectivity index (χ4v) is 3.31. The van der Waals surface area contributed by atoms with Crippen molar-refractivity contribution in [3.8, 4) is 5.75 Å². The predicted molar refractivity (Wildman–Crippen MR) is 144 cm³/mol. The molecule has 2 aromatic carbocycles. The normalized spacial score (nSPS) is 14.4. The van der Waals surface area contributed by atoms with E-state index in [1.54, 1.807) is 37.5 Å². The van der Waals surface area contributed by atoms with Gasteiger partial charge in [0.2, 0.25) is 9.70 Å². The van der Waals surface area contributed by atoms with Gasteiger partial charge in [-0.2, -0.15) is 0 Å². The van der Waals surface area contributed by atoms with Gasteiger partial charge < -0.3 is 19.9 Å². The van der Waals surface area contributed by atoms with Crippen LogP contribution >= 0.6 is 34.8 Å². The summed E-state index contributed by atoms with van der Waals surface area (Å²) in [6, 6.07) is 15.8. The number of alkyl halides is 3. The van der Waals surface area contributed by atoms with Crippen LogP contribution in [0.4, 0.5) is 0 Å². The van der Waals surface area contributed by atoms with E-state index in [0.717, 1.165) is 11.1 Å². The van der Waals surface area contributed by atoms with E-state index in [4.69, 9.17) is 44.3 Å². The van der Waals surface area contributed by atoms with Crippen LogP contribution in [0, 0.1) is 5.92 Å². The van der Waals surface area contributed by atoms with Gasteiger partial charge in [-0.1, -0.05) is 102 Å². The Balaban J connectivity index is 1.96. The second kappa shape index (κ2) is 14.9. The van der Waals surface area contributed by atoms with Crippen molar-refractivity contribution in [2.24, 2.45) is 5.92 Å². The van der Waals surface area contributed by atoms with Gasteiger partial charge in [-0.15, -0.1) is 0 Å². The Morgan fingerprint density at radius 3 is 2.36 bits per heavy atom. The molecule has 0 saturated heterocycles. The number of rotatable bonds is 12. The minimum absolute atomic E-state index is 0.127. The number of amides is 1. The van der Waals surface area contributed by atoms with Gasteiger partial charge >= 0.3 is 5.97 Å². The molecule has 194 valence electrons. The maximum absolute atomic E-state index is 12.6. The lowest BCUT2D eigenvalue weighted by molar-refractivity contribution is -0.147. The third kappa shape index (κ3) is 11.5. The average Bonchev–Trinajstić information content (AvgIpc) is 2.86. The van der Waals surface area contributed by atoms with E-state index in [2.05, 4.69) is 5.32 Å². The SMILES string of the molecule is COc1ccc(C[C@@H](NC(=O)/C=C/C[C@H](O)[C@H](C)/C=C/c2ccccc2)C(=O)OCC(Cl)(Cl)Cl)cc1. The third-order valence-corrected chi connectivity index (χ3v) is 5.55. The van der Waals surface area contributed by atoms with Gasteiger partial charge in [-0.3, -0.25) is 4.79 Å². The molecule has 2 N–H and O–H groups in total. The Bertz CT molecular complexity index is 1020. The van der Waals surface area contributed by atoms with Crippen molar-refractivity contribution in [3.63, 3.8) is 0 Å². The van der Waals surface area contributed by atoms with Crippen molar-refractivity contribution in [1.82, 2.24) is 5.32 Å². The number of hydrogen-bond acceptors (Lipinski definition) is 5. The molecule has 0 aromatic heterocycles. The molecule has 36 heavy (non-hydrogen) atoms. The number of methoxy groups -OCH3 is 1. The second-order valence-corrected chi connectivity index (χ2v) is 10.7. The molecule has 0 unspecified atom stereocenters. The quantitative estimate of drug-likeness (QED) is 0.211. The van der Waals surface area contributed by atoms with Crippen LogP contribution in [0.5, 0.6) is 5.75 Å². The van der Waals surface area contributed by atoms with Crippen molar-refractivity contribution in [1.29, 1.82) is 0 Å². The fraction of sp³-hybridized carbons (Fsp3) is 0.333. The highest BCUT2D eigenvalue weighted by Gasteiger charge is 2.27. The standard InChI is InChI=1S/C27H30Cl3NO5/c1-19(11-12-20-7-4-3-5-8-20)24(32)9-6-10-25(33)31-23(26(34)36-18-27(28,29)30)17-21-13-15-22(35-2)16-14-21/h3-8,10-16,19,23-24,32H,9,17-18H2,1-2H3,(H,31,33)/b10-6+,12-11+/t19-,23-,24+/m1/s1. The Morgan fingerprint density at radius 2 is 1.75 bits per heavy atom. The molecule has 0 aliphatic rings. The minimum atomic E-state index is -1.77. The molecule has 0 bridgehead atoms. The molecule has 0 radical (unpaired) electrons. The van der Waals surface area contributed by atoms with Crippen molar-refractivity contribution >= 4 is 52.8 Å². The molecule has 0 aliphatic heterocycles. The van der Waals surface area contributed by atoms with Crippen LogP contribution in [0.1, 0.15) is 24.5 Å². The molecule has 3 atom stereocenters. The highest BCUT2D eigenvalue weighted by Crippen LogP contribution is 2.26. The monoisotopic (exact) mass is 553 g/mol. The molecule has 2 rings (SSSR count). The summed E-state index contributed by atoms with van der Waals surface area (Å²) in [5, 5.41) is 13.0. The van der Waals surface area contributed by atoms with Gasteiger partial charge in [0.05, 0.1) is 13.2 Å². The molecular formula is C27H30Cl3NO5. The molecule has 0 saturated carbocycles. The Kier molecular flexibility index (Phi) is 12.3. The van der Waals surface area contributed by atoms with Crippen molar-refractivity contribution in [2.75, 3.05) is 13.7 Å². The van der Waals surface area contributed by atoms with Crippen LogP contribution in [-0.4, -0.2) is 46.6 Å². The smallest absolute Gasteiger partial charge is 0.329 e. The Morgan fingerprint density at radius 1 is 1.08 bits per heavy atom. The summed E-state index contributed by atoms with van der Waals surface area (Å²) in [7, 11) is 1.55. The number of ether oxygens (including phenoxy) is 2. The predicted octanol–water partition coefficient (Wildman–Crippen LogP) is 5.29. The fourth-order valence-electron chi connectivity index (χ4n) is 3.15. The first-order valence-electron chi connectivity index (χ1n) is 11.3. The minimum Gasteiger partial charge on any atom is -0.497 e. The van der Waals surface area contributed by atoms with Crippen LogP contribution in [0.15, 0.2) is 72.8 Å². The van der Waals surface area contributed by atoms with E-state index in [1.165, 1.54) is 6.08 Å². The number of nitrogens with one attached hydrogen (secondary N) is 1. The van der Waals surface area contributed by atoms with E-state index >= 15 is 0 Å². The maximum Gasteiger partial charge on any atom is 0.329 e. The molecular weight excluding hydrogens is 525 g/mol. The maximum atomic E-state index is 12.6. The number of halogens is 3. The lowest BCUT2D eigenvalue weighted by Gasteiger charge is -2.19. The average molecular weight is 555 g/mol. The van der Waals surface area contributed by atoms with Gasteiger partial charge in [0.25, 0.3) is 0 Å². The summed E-state index contributed by atoms with van der Waals surface area (Å²) in [5.74, 6) is -0.720. The van der Waals surface area contributed by atoms with E-state index in [1.807, 2.05) is 49.4 Å². The van der Waals surface area contributed by atoms with Gasteiger partial charge in [0.1, 0.15) is 18.4 Å². The molecule has 9 heteroatoms. The van der Waals surface area contributed by atoms with Crippen LogP contribution < -0.4 is 10.1 Å². The number of carbonyl (C=O) groups is 2. The van der Waals surface area contributed by atoms with E-state index in [0.29, 0.717) is 5.75 Å². The first-order valence-corrected chi connectivity index (χ1v) is 12.5. The van der Waals surface area contributed by atoms with Crippen LogP contribution in [0.2, 0.25) is 0 Å². The van der Waals surface area contributed by atoms with Crippen LogP contribution in [0.3, 0.4) is 0 Å². The lowest BCUT2D eigenvalue weighted by Crippen LogP contribution is -2.43. The van der Waals surface area contributed by atoms with Gasteiger partial charge in [0, 0.05) is 12.3 Å². The highest BCUT2D eigenvalue weighted by atomic mass is 35.6. The van der Waals surface area contributed by atoms with E-state index in [-0.39, 0.29) is 18.8 Å². The van der Waals surface area contributed by atoms with Crippen LogP contribution in [0.25, 0.3) is 6.08 Å². The molecule has 0 fully saturated rings. The molecule has 0 heterocycles. The van der Waals surface area contributed by atoms with Crippen molar-refractivity contribution in [2.45, 2.75) is 35.7 Å². The number of aliphatic hydroxyl groups is 1. The summed E-state index contributed by atoms with van der Waals surface area (Å²) in [6.07, 6.45) is 6.43. The molecule has 1 amide bonds. The highest BCUT2D eigenvalue weighted by molar-refractivity contribution is 6.67. The summed E-state index contributed by atoms with van der Waals surface area (Å²) in [5.41, 5.74) is 1.81. The Hall–Kier alpha value is -2.51. The Labute approximate surface area is 226 Å². The molecule has 6 nitrogen and oxygen atoms in total. The topological polar surface area (TPSA) is 84.9 Å². The summed E-state index contributed by atoms with van der Waals surface area (Å²) >= 11 is 17.0. The lowest BCUT2D eigenvalue weighted by atomic mass is 10.00. The molecule has 0 spiro atoms. The zero-order valence-corrected chi connectivity index (χ0v) is 22.3. The number of esters is 1. The first-order chi connectivity index (χ1) is 17.1. The number of carbonyl (C=O) groups excluding carboxylic acids is 2. The number of aliphatic hydroxyl groups excluding tert-OH is 1. The number of benzene rings is 2. The molecule has 2 aromatic rings. The van der Waals surface area contributed by atoms with Gasteiger partial charge in [-0.05, 0) is 35.8 Å². The summed E-state index contributed by atoms with van der Waals surface area (Å²) < 4.78 is 8.45. The van der Waals surface area contributed by atoms with Crippen molar-refractivity contribution < 1.29 is 24.2 Å². The zero-order valence-electron chi connectivity index (χ0n) is 20.1. The molecule has 0 aliphatic carbocycles. The van der Waals surface area contributed by atoms with Crippen molar-refractivity contribution in [3.05, 3.63) is 84.0 Å². The largest absolute Gasteiger partial charge is 0.497 e. The summed E-state index contributed by atoms with van der Waals surface area (Å²) in [6.45, 7) is 1.44.